The molecule has 0 aromatic carbocycles. The average molecular weight is 199 g/mol. The summed E-state index contributed by atoms with van der Waals surface area (Å²) < 4.78 is 1.45. The molecule has 0 aliphatic carbocycles. The zero-order valence-electron chi connectivity index (χ0n) is 8.15. The monoisotopic (exact) mass is 199 g/mol. The van der Waals surface area contributed by atoms with Crippen LogP contribution < -0.4 is 11.1 Å². The van der Waals surface area contributed by atoms with Crippen LogP contribution in [0.5, 0.6) is 0 Å². The Bertz CT molecular complexity index is 346. The van der Waals surface area contributed by atoms with Gasteiger partial charge < -0.3 is 11.1 Å². The van der Waals surface area contributed by atoms with Gasteiger partial charge in [-0.15, -0.1) is 0 Å². The summed E-state index contributed by atoms with van der Waals surface area (Å²) in [6.07, 6.45) is 0. The molecule has 1 aromatic heterocycles. The molecule has 78 valence electrons. The molecule has 1 aromatic rings. The maximum Gasteiger partial charge on any atom is 0.333 e. The number of aromatic nitrogens is 2. The van der Waals surface area contributed by atoms with Crippen LogP contribution in [0.25, 0.3) is 0 Å². The van der Waals surface area contributed by atoms with Gasteiger partial charge in [-0.1, -0.05) is 0 Å². The molecular formula is C7H13N5O2. The van der Waals surface area contributed by atoms with Crippen LogP contribution in [0, 0.1) is 17.0 Å². The van der Waals surface area contributed by atoms with Crippen molar-refractivity contribution in [2.24, 2.45) is 12.8 Å². The first kappa shape index (κ1) is 10.5. The Balaban J connectivity index is 3.05. The van der Waals surface area contributed by atoms with Gasteiger partial charge in [-0.2, -0.15) is 5.10 Å². The molecule has 0 bridgehead atoms. The molecule has 0 atom stereocenters. The van der Waals surface area contributed by atoms with E-state index in [2.05, 4.69) is 10.4 Å². The molecule has 0 aliphatic heterocycles. The van der Waals surface area contributed by atoms with Gasteiger partial charge in [0.05, 0.1) is 4.92 Å². The van der Waals surface area contributed by atoms with E-state index in [9.17, 15) is 10.1 Å². The number of anilines is 1. The van der Waals surface area contributed by atoms with Crippen molar-refractivity contribution >= 4 is 11.5 Å². The van der Waals surface area contributed by atoms with Crippen molar-refractivity contribution in [1.29, 1.82) is 0 Å². The van der Waals surface area contributed by atoms with Gasteiger partial charge in [0.1, 0.15) is 5.69 Å². The van der Waals surface area contributed by atoms with Crippen molar-refractivity contribution in [3.05, 3.63) is 15.8 Å². The largest absolute Gasteiger partial charge is 0.363 e. The topological polar surface area (TPSA) is 99.0 Å². The van der Waals surface area contributed by atoms with Crippen LogP contribution in [0.1, 0.15) is 5.69 Å². The van der Waals surface area contributed by atoms with Gasteiger partial charge in [0.25, 0.3) is 0 Å². The van der Waals surface area contributed by atoms with E-state index in [1.165, 1.54) is 4.68 Å². The van der Waals surface area contributed by atoms with E-state index in [4.69, 9.17) is 5.73 Å². The summed E-state index contributed by atoms with van der Waals surface area (Å²) in [5.41, 5.74) is 5.71. The summed E-state index contributed by atoms with van der Waals surface area (Å²) >= 11 is 0. The smallest absolute Gasteiger partial charge is 0.333 e. The summed E-state index contributed by atoms with van der Waals surface area (Å²) in [5.74, 6) is 0.401. The minimum atomic E-state index is -0.443. The van der Waals surface area contributed by atoms with Gasteiger partial charge >= 0.3 is 5.69 Å². The van der Waals surface area contributed by atoms with Gasteiger partial charge in [0, 0.05) is 20.1 Å². The van der Waals surface area contributed by atoms with Crippen molar-refractivity contribution in [3.63, 3.8) is 0 Å². The van der Waals surface area contributed by atoms with Crippen LogP contribution in [-0.2, 0) is 7.05 Å². The molecule has 1 rings (SSSR count). The maximum absolute atomic E-state index is 10.7. The van der Waals surface area contributed by atoms with Crippen molar-refractivity contribution in [3.8, 4) is 0 Å². The SMILES string of the molecule is Cc1nn(C)c(NCCN)c1[N+](=O)[O-]. The predicted molar refractivity (Wildman–Crippen MR) is 52.1 cm³/mol. The van der Waals surface area contributed by atoms with Crippen molar-refractivity contribution < 1.29 is 4.92 Å². The van der Waals surface area contributed by atoms with Gasteiger partial charge in [-0.25, -0.2) is 4.68 Å². The molecular weight excluding hydrogens is 186 g/mol. The quantitative estimate of drug-likeness (QED) is 0.525. The number of nitrogens with one attached hydrogen (secondary N) is 1. The first-order valence-electron chi connectivity index (χ1n) is 4.19. The lowest BCUT2D eigenvalue weighted by Crippen LogP contribution is -2.15. The highest BCUT2D eigenvalue weighted by Crippen LogP contribution is 2.26. The van der Waals surface area contributed by atoms with Crippen LogP contribution in [0.3, 0.4) is 0 Å². The zero-order valence-corrected chi connectivity index (χ0v) is 8.15. The van der Waals surface area contributed by atoms with Gasteiger partial charge in [-0.05, 0) is 6.92 Å². The third kappa shape index (κ3) is 1.82. The molecule has 0 saturated heterocycles. The molecule has 0 unspecified atom stereocenters. The number of nitrogens with two attached hydrogens (primary N) is 1. The number of aryl methyl sites for hydroxylation is 2. The lowest BCUT2D eigenvalue weighted by atomic mass is 10.4. The fourth-order valence-electron chi connectivity index (χ4n) is 1.25. The Hall–Kier alpha value is -1.63. The summed E-state index contributed by atoms with van der Waals surface area (Å²) in [7, 11) is 1.65. The number of hydrogen-bond donors (Lipinski definition) is 2. The molecule has 0 aliphatic rings. The second-order valence-electron chi connectivity index (χ2n) is 2.88. The third-order valence-electron chi connectivity index (χ3n) is 1.81. The molecule has 14 heavy (non-hydrogen) atoms. The summed E-state index contributed by atoms with van der Waals surface area (Å²) in [5, 5.41) is 17.5. The summed E-state index contributed by atoms with van der Waals surface area (Å²) in [4.78, 5) is 10.3. The minimum absolute atomic E-state index is 0.0148. The van der Waals surface area contributed by atoms with Crippen molar-refractivity contribution in [1.82, 2.24) is 9.78 Å². The molecule has 0 fully saturated rings. The second-order valence-corrected chi connectivity index (χ2v) is 2.88. The molecule has 3 N–H and O–H groups in total. The van der Waals surface area contributed by atoms with Crippen molar-refractivity contribution in [2.75, 3.05) is 18.4 Å². The van der Waals surface area contributed by atoms with Crippen LogP contribution >= 0.6 is 0 Å². The second kappa shape index (κ2) is 4.05. The molecule has 0 radical (unpaired) electrons. The fraction of sp³-hybridized carbons (Fsp3) is 0.571. The van der Waals surface area contributed by atoms with Crippen LogP contribution in [0.4, 0.5) is 11.5 Å². The summed E-state index contributed by atoms with van der Waals surface area (Å²) in [6, 6.07) is 0. The maximum atomic E-state index is 10.7. The number of nitro groups is 1. The Labute approximate surface area is 81.0 Å². The highest BCUT2D eigenvalue weighted by molar-refractivity contribution is 5.59. The average Bonchev–Trinajstić information content (AvgIpc) is 2.37. The van der Waals surface area contributed by atoms with Crippen LogP contribution in [0.15, 0.2) is 0 Å². The molecule has 0 amide bonds. The van der Waals surface area contributed by atoms with E-state index in [0.29, 0.717) is 24.6 Å². The first-order chi connectivity index (χ1) is 6.57. The zero-order chi connectivity index (χ0) is 10.7. The van der Waals surface area contributed by atoms with Crippen LogP contribution in [-0.4, -0.2) is 27.8 Å². The number of rotatable bonds is 4. The van der Waals surface area contributed by atoms with E-state index in [-0.39, 0.29) is 5.69 Å². The lowest BCUT2D eigenvalue weighted by Gasteiger charge is -2.03. The number of hydrogen-bond acceptors (Lipinski definition) is 5. The molecule has 7 heteroatoms. The highest BCUT2D eigenvalue weighted by Gasteiger charge is 2.23. The fourth-order valence-corrected chi connectivity index (χ4v) is 1.25. The third-order valence-corrected chi connectivity index (χ3v) is 1.81. The highest BCUT2D eigenvalue weighted by atomic mass is 16.6. The Kier molecular flexibility index (Phi) is 3.03. The van der Waals surface area contributed by atoms with Gasteiger partial charge in [0.2, 0.25) is 5.82 Å². The van der Waals surface area contributed by atoms with Gasteiger partial charge in [0.15, 0.2) is 0 Å². The Morgan fingerprint density at radius 2 is 2.36 bits per heavy atom. The van der Waals surface area contributed by atoms with Crippen LogP contribution in [0.2, 0.25) is 0 Å². The minimum Gasteiger partial charge on any atom is -0.363 e. The normalized spacial score (nSPS) is 10.2. The molecule has 1 heterocycles. The number of nitrogens with zero attached hydrogens (tertiary/aromatic N) is 3. The van der Waals surface area contributed by atoms with E-state index in [0.717, 1.165) is 0 Å². The standard InChI is InChI=1S/C7H13N5O2/c1-5-6(12(13)14)7(9-4-3-8)11(2)10-5/h9H,3-4,8H2,1-2H3. The first-order valence-corrected chi connectivity index (χ1v) is 4.19. The molecule has 7 nitrogen and oxygen atoms in total. The lowest BCUT2D eigenvalue weighted by molar-refractivity contribution is -0.384. The predicted octanol–water partition coefficient (Wildman–Crippen LogP) is 0.00732. The van der Waals surface area contributed by atoms with E-state index in [1.54, 1.807) is 14.0 Å². The summed E-state index contributed by atoms with van der Waals surface area (Å²) in [6.45, 7) is 2.51. The molecule has 0 spiro atoms. The van der Waals surface area contributed by atoms with Crippen molar-refractivity contribution in [2.45, 2.75) is 6.92 Å². The van der Waals surface area contributed by atoms with Gasteiger partial charge in [-0.3, -0.25) is 10.1 Å². The molecule has 0 saturated carbocycles. The van der Waals surface area contributed by atoms with E-state index in [1.807, 2.05) is 0 Å². The Morgan fingerprint density at radius 1 is 1.71 bits per heavy atom. The van der Waals surface area contributed by atoms with E-state index < -0.39 is 4.92 Å². The Morgan fingerprint density at radius 3 is 2.86 bits per heavy atom. The van der Waals surface area contributed by atoms with E-state index >= 15 is 0 Å².